The second kappa shape index (κ2) is 8.84. The first-order valence-corrected chi connectivity index (χ1v) is 11.7. The molecule has 0 spiro atoms. The molecule has 2 aliphatic rings. The lowest BCUT2D eigenvalue weighted by Crippen LogP contribution is -2.35. The zero-order valence-corrected chi connectivity index (χ0v) is 17.8. The van der Waals surface area contributed by atoms with Gasteiger partial charge in [-0.15, -0.1) is 23.1 Å². The largest absolute Gasteiger partial charge is 0.356 e. The van der Waals surface area contributed by atoms with E-state index < -0.39 is 5.25 Å². The number of aryl methyl sites for hydroxylation is 3. The zero-order valence-electron chi connectivity index (χ0n) is 15.4. The minimum atomic E-state index is -0.417. The molecule has 0 fully saturated rings. The molecule has 2 N–H and O–H groups in total. The Morgan fingerprint density at radius 3 is 3.04 bits per heavy atom. The molecule has 4 rings (SSSR count). The average Bonchev–Trinajstić information content (AvgIpc) is 3.09. The third-order valence-corrected chi connectivity index (χ3v) is 7.64. The molecule has 28 heavy (non-hydrogen) atoms. The minimum absolute atomic E-state index is 0.0940. The Labute approximate surface area is 177 Å². The third-order valence-electron chi connectivity index (χ3n) is 4.91. The van der Waals surface area contributed by atoms with Gasteiger partial charge < -0.3 is 10.6 Å². The normalized spacial score (nSPS) is 18.2. The molecule has 1 atom stereocenters. The number of anilines is 1. The SMILES string of the molecule is O=C(CC1Sc2ccc(Cl)cc2NC1=O)NCCCc1nc2c(s1)CCCC2. The van der Waals surface area contributed by atoms with Crippen LogP contribution in [0, 0.1) is 0 Å². The Bertz CT molecular complexity index is 876. The first-order chi connectivity index (χ1) is 13.6. The number of nitrogens with zero attached hydrogens (tertiary/aromatic N) is 1. The number of thiazole rings is 1. The van der Waals surface area contributed by atoms with E-state index in [4.69, 9.17) is 16.6 Å². The maximum Gasteiger partial charge on any atom is 0.238 e. The molecule has 0 bridgehead atoms. The number of rotatable bonds is 6. The Morgan fingerprint density at radius 2 is 2.18 bits per heavy atom. The van der Waals surface area contributed by atoms with Crippen LogP contribution in [-0.2, 0) is 28.9 Å². The molecule has 8 heteroatoms. The summed E-state index contributed by atoms with van der Waals surface area (Å²) in [7, 11) is 0. The number of nitrogens with one attached hydrogen (secondary N) is 2. The number of hydrogen-bond donors (Lipinski definition) is 2. The van der Waals surface area contributed by atoms with Crippen molar-refractivity contribution >= 4 is 52.2 Å². The van der Waals surface area contributed by atoms with Crippen molar-refractivity contribution in [1.29, 1.82) is 0 Å². The fourth-order valence-corrected chi connectivity index (χ4v) is 5.94. The van der Waals surface area contributed by atoms with Crippen molar-refractivity contribution < 1.29 is 9.59 Å². The van der Waals surface area contributed by atoms with Gasteiger partial charge in [0.05, 0.1) is 21.6 Å². The maximum atomic E-state index is 12.3. The topological polar surface area (TPSA) is 71.1 Å². The Hall–Kier alpha value is -1.57. The lowest BCUT2D eigenvalue weighted by Gasteiger charge is -2.23. The molecule has 1 aliphatic heterocycles. The number of amides is 2. The van der Waals surface area contributed by atoms with E-state index >= 15 is 0 Å². The number of benzene rings is 1. The van der Waals surface area contributed by atoms with Crippen LogP contribution in [0.15, 0.2) is 23.1 Å². The van der Waals surface area contributed by atoms with Crippen LogP contribution in [0.4, 0.5) is 5.69 Å². The van der Waals surface area contributed by atoms with Gasteiger partial charge in [-0.2, -0.15) is 0 Å². The van der Waals surface area contributed by atoms with E-state index in [0.717, 1.165) is 24.2 Å². The summed E-state index contributed by atoms with van der Waals surface area (Å²) < 4.78 is 0. The number of fused-ring (bicyclic) bond motifs is 2. The van der Waals surface area contributed by atoms with Crippen molar-refractivity contribution in [2.75, 3.05) is 11.9 Å². The van der Waals surface area contributed by atoms with E-state index in [1.54, 1.807) is 12.1 Å². The molecule has 5 nitrogen and oxygen atoms in total. The summed E-state index contributed by atoms with van der Waals surface area (Å²) in [6.45, 7) is 0.605. The predicted octanol–water partition coefficient (Wildman–Crippen LogP) is 4.23. The highest BCUT2D eigenvalue weighted by molar-refractivity contribution is 8.01. The predicted molar refractivity (Wildman–Crippen MR) is 114 cm³/mol. The van der Waals surface area contributed by atoms with Crippen LogP contribution in [0.2, 0.25) is 5.02 Å². The molecule has 0 saturated heterocycles. The summed E-state index contributed by atoms with van der Waals surface area (Å²) in [4.78, 5) is 31.6. The van der Waals surface area contributed by atoms with E-state index in [2.05, 4.69) is 10.6 Å². The fourth-order valence-electron chi connectivity index (χ4n) is 3.48. The van der Waals surface area contributed by atoms with Crippen molar-refractivity contribution in [3.05, 3.63) is 38.8 Å². The second-order valence-corrected chi connectivity index (χ2v) is 9.93. The molecule has 1 unspecified atom stereocenters. The van der Waals surface area contributed by atoms with Crippen molar-refractivity contribution in [1.82, 2.24) is 10.3 Å². The van der Waals surface area contributed by atoms with E-state index in [1.807, 2.05) is 17.4 Å². The molecule has 0 saturated carbocycles. The molecule has 148 valence electrons. The van der Waals surface area contributed by atoms with Crippen molar-refractivity contribution in [2.45, 2.75) is 55.1 Å². The third kappa shape index (κ3) is 4.70. The van der Waals surface area contributed by atoms with Gasteiger partial charge in [0.25, 0.3) is 0 Å². The quantitative estimate of drug-likeness (QED) is 0.666. The highest BCUT2D eigenvalue weighted by Gasteiger charge is 2.29. The molecular weight excluding hydrogens is 414 g/mol. The first-order valence-electron chi connectivity index (χ1n) is 9.60. The Morgan fingerprint density at radius 1 is 1.32 bits per heavy atom. The van der Waals surface area contributed by atoms with Gasteiger partial charge in [0.15, 0.2) is 0 Å². The van der Waals surface area contributed by atoms with E-state index in [0.29, 0.717) is 17.3 Å². The summed E-state index contributed by atoms with van der Waals surface area (Å²) >= 11 is 9.20. The lowest BCUT2D eigenvalue weighted by molar-refractivity contribution is -0.124. The summed E-state index contributed by atoms with van der Waals surface area (Å²) in [5.41, 5.74) is 2.00. The second-order valence-electron chi connectivity index (χ2n) is 7.08. The van der Waals surface area contributed by atoms with Gasteiger partial charge >= 0.3 is 0 Å². The summed E-state index contributed by atoms with van der Waals surface area (Å²) in [5, 5.41) is 7.12. The summed E-state index contributed by atoms with van der Waals surface area (Å²) in [6, 6.07) is 5.40. The van der Waals surface area contributed by atoms with E-state index in [-0.39, 0.29) is 18.2 Å². The maximum absolute atomic E-state index is 12.3. The van der Waals surface area contributed by atoms with Gasteiger partial charge in [-0.1, -0.05) is 11.6 Å². The highest BCUT2D eigenvalue weighted by atomic mass is 35.5. The van der Waals surface area contributed by atoms with Crippen LogP contribution in [0.3, 0.4) is 0 Å². The van der Waals surface area contributed by atoms with Gasteiger partial charge in [0, 0.05) is 34.2 Å². The molecule has 2 heterocycles. The number of thioether (sulfide) groups is 1. The highest BCUT2D eigenvalue weighted by Crippen LogP contribution is 2.38. The molecule has 1 aliphatic carbocycles. The van der Waals surface area contributed by atoms with Crippen molar-refractivity contribution in [3.8, 4) is 0 Å². The van der Waals surface area contributed by atoms with Crippen LogP contribution in [-0.4, -0.2) is 28.6 Å². The summed E-state index contributed by atoms with van der Waals surface area (Å²) in [6.07, 6.45) is 6.73. The van der Waals surface area contributed by atoms with Crippen LogP contribution >= 0.6 is 34.7 Å². The summed E-state index contributed by atoms with van der Waals surface area (Å²) in [5.74, 6) is -0.244. The molecule has 0 radical (unpaired) electrons. The van der Waals surface area contributed by atoms with Crippen LogP contribution in [0.25, 0.3) is 0 Å². The number of carbonyl (C=O) groups is 2. The molecule has 1 aromatic carbocycles. The van der Waals surface area contributed by atoms with Gasteiger partial charge in [0.2, 0.25) is 11.8 Å². The fraction of sp³-hybridized carbons (Fsp3) is 0.450. The van der Waals surface area contributed by atoms with E-state index in [9.17, 15) is 9.59 Å². The first kappa shape index (κ1) is 19.7. The van der Waals surface area contributed by atoms with Gasteiger partial charge in [0.1, 0.15) is 0 Å². The zero-order chi connectivity index (χ0) is 19.5. The minimum Gasteiger partial charge on any atom is -0.356 e. The number of hydrogen-bond acceptors (Lipinski definition) is 5. The van der Waals surface area contributed by atoms with Crippen LogP contribution in [0.5, 0.6) is 0 Å². The van der Waals surface area contributed by atoms with Gasteiger partial charge in [-0.25, -0.2) is 4.98 Å². The monoisotopic (exact) mass is 435 g/mol. The standard InChI is InChI=1S/C20H22ClN3O2S2/c21-12-7-8-16-14(10-12)24-20(26)17(27-16)11-18(25)22-9-3-6-19-23-13-4-1-2-5-15(13)28-19/h7-8,10,17H,1-6,9,11H2,(H,22,25)(H,24,26). The number of halogens is 1. The molecule has 2 aromatic rings. The van der Waals surface area contributed by atoms with Crippen molar-refractivity contribution in [2.24, 2.45) is 0 Å². The van der Waals surface area contributed by atoms with E-state index in [1.165, 1.54) is 46.6 Å². The van der Waals surface area contributed by atoms with Gasteiger partial charge in [-0.05, 0) is 50.3 Å². The average molecular weight is 436 g/mol. The Balaban J connectivity index is 1.22. The Kier molecular flexibility index (Phi) is 6.23. The molecular formula is C20H22ClN3O2S2. The molecule has 2 amide bonds. The smallest absolute Gasteiger partial charge is 0.238 e. The number of carbonyl (C=O) groups excluding carboxylic acids is 2. The molecule has 1 aromatic heterocycles. The van der Waals surface area contributed by atoms with Crippen molar-refractivity contribution in [3.63, 3.8) is 0 Å². The lowest BCUT2D eigenvalue weighted by atomic mass is 10.0. The number of aromatic nitrogens is 1. The van der Waals surface area contributed by atoms with Crippen LogP contribution < -0.4 is 10.6 Å². The van der Waals surface area contributed by atoms with Gasteiger partial charge in [-0.3, -0.25) is 9.59 Å². The van der Waals surface area contributed by atoms with Crippen LogP contribution in [0.1, 0.15) is 41.3 Å².